The summed E-state index contributed by atoms with van der Waals surface area (Å²) in [5.74, 6) is -1.12. The number of hydrogen-bond donors (Lipinski definition) is 2. The summed E-state index contributed by atoms with van der Waals surface area (Å²) in [6.07, 6.45) is 3.41. The Morgan fingerprint density at radius 3 is 2.89 bits per heavy atom. The van der Waals surface area contributed by atoms with Gasteiger partial charge in [0.1, 0.15) is 6.54 Å². The van der Waals surface area contributed by atoms with Crippen LogP contribution in [0.3, 0.4) is 0 Å². The summed E-state index contributed by atoms with van der Waals surface area (Å²) >= 11 is 0. The second kappa shape index (κ2) is 7.66. The zero-order valence-corrected chi connectivity index (χ0v) is 10.2. The quantitative estimate of drug-likeness (QED) is 0.780. The van der Waals surface area contributed by atoms with E-state index in [9.17, 15) is 9.59 Å². The lowest BCUT2D eigenvalue weighted by Crippen LogP contribution is -2.42. The van der Waals surface area contributed by atoms with Gasteiger partial charge in [0.2, 0.25) is 0 Å². The molecule has 0 spiro atoms. The van der Waals surface area contributed by atoms with Crippen LogP contribution in [0.15, 0.2) is 24.5 Å². The molecule has 0 radical (unpaired) electrons. The predicted molar refractivity (Wildman–Crippen MR) is 65.9 cm³/mol. The van der Waals surface area contributed by atoms with Gasteiger partial charge in [-0.25, -0.2) is 4.79 Å². The lowest BCUT2D eigenvalue weighted by molar-refractivity contribution is -0.135. The third-order valence-corrected chi connectivity index (χ3v) is 2.27. The van der Waals surface area contributed by atoms with Crippen molar-refractivity contribution in [3.05, 3.63) is 30.1 Å². The summed E-state index contributed by atoms with van der Waals surface area (Å²) in [6.45, 7) is 0.0622. The number of carbonyl (C=O) groups excluding carboxylic acids is 1. The van der Waals surface area contributed by atoms with Crippen molar-refractivity contribution in [2.45, 2.75) is 13.0 Å². The second-order valence-corrected chi connectivity index (χ2v) is 3.74. The number of pyridine rings is 1. The van der Waals surface area contributed by atoms with Crippen LogP contribution in [0.25, 0.3) is 0 Å². The van der Waals surface area contributed by atoms with Gasteiger partial charge in [0.15, 0.2) is 0 Å². The van der Waals surface area contributed by atoms with E-state index in [1.807, 2.05) is 6.07 Å². The van der Waals surface area contributed by atoms with Gasteiger partial charge in [-0.05, 0) is 11.6 Å². The van der Waals surface area contributed by atoms with Gasteiger partial charge in [0, 0.05) is 25.5 Å². The van der Waals surface area contributed by atoms with E-state index >= 15 is 0 Å². The number of urea groups is 1. The fourth-order valence-corrected chi connectivity index (χ4v) is 1.41. The van der Waals surface area contributed by atoms with E-state index in [1.165, 1.54) is 4.90 Å². The molecule has 0 aliphatic rings. The molecular weight excluding hydrogens is 248 g/mol. The fraction of sp³-hybridized carbons (Fsp3) is 0.333. The van der Waals surface area contributed by atoms with E-state index in [2.05, 4.69) is 10.3 Å². The largest absolute Gasteiger partial charge is 0.480 e. The molecule has 0 aromatic carbocycles. The van der Waals surface area contributed by atoms with Crippen LogP contribution in [0.5, 0.6) is 0 Å². The van der Waals surface area contributed by atoms with E-state index < -0.39 is 18.5 Å². The van der Waals surface area contributed by atoms with Gasteiger partial charge in [0.25, 0.3) is 0 Å². The smallest absolute Gasteiger partial charge is 0.323 e. The van der Waals surface area contributed by atoms with E-state index in [0.29, 0.717) is 0 Å². The van der Waals surface area contributed by atoms with Gasteiger partial charge in [-0.1, -0.05) is 6.07 Å². The zero-order chi connectivity index (χ0) is 14.1. The molecule has 2 N–H and O–H groups in total. The van der Waals surface area contributed by atoms with Crippen LogP contribution < -0.4 is 5.32 Å². The Bertz CT molecular complexity index is 470. The zero-order valence-electron chi connectivity index (χ0n) is 10.2. The van der Waals surface area contributed by atoms with Gasteiger partial charge in [0.05, 0.1) is 12.5 Å². The topological polar surface area (TPSA) is 106 Å². The molecule has 1 heterocycles. The molecule has 1 rings (SSSR count). The van der Waals surface area contributed by atoms with Crippen molar-refractivity contribution in [3.8, 4) is 6.07 Å². The minimum absolute atomic E-state index is 0.181. The summed E-state index contributed by atoms with van der Waals surface area (Å²) in [5.41, 5.74) is 0.811. The predicted octanol–water partition coefficient (Wildman–Crippen LogP) is 0.591. The Balaban J connectivity index is 2.63. The third-order valence-electron chi connectivity index (χ3n) is 2.27. The number of carboxylic acids is 1. The Hall–Kier alpha value is -2.62. The molecule has 0 unspecified atom stereocenters. The number of aromatic nitrogens is 1. The van der Waals surface area contributed by atoms with Crippen molar-refractivity contribution in [2.24, 2.45) is 0 Å². The molecule has 1 aromatic heterocycles. The third kappa shape index (κ3) is 5.50. The van der Waals surface area contributed by atoms with Crippen molar-refractivity contribution in [1.29, 1.82) is 5.26 Å². The van der Waals surface area contributed by atoms with Crippen LogP contribution in [-0.2, 0) is 11.3 Å². The minimum Gasteiger partial charge on any atom is -0.480 e. The van der Waals surface area contributed by atoms with Gasteiger partial charge in [-0.2, -0.15) is 5.26 Å². The van der Waals surface area contributed by atoms with Crippen LogP contribution in [0.2, 0.25) is 0 Å². The molecule has 0 bridgehead atoms. The highest BCUT2D eigenvalue weighted by Gasteiger charge is 2.14. The number of rotatable bonds is 6. The molecule has 19 heavy (non-hydrogen) atoms. The molecule has 0 fully saturated rings. The summed E-state index contributed by atoms with van der Waals surface area (Å²) in [5, 5.41) is 19.3. The molecule has 100 valence electrons. The lowest BCUT2D eigenvalue weighted by atomic mass is 10.2. The second-order valence-electron chi connectivity index (χ2n) is 3.74. The van der Waals surface area contributed by atoms with Crippen LogP contribution >= 0.6 is 0 Å². The average Bonchev–Trinajstić information content (AvgIpc) is 2.41. The Morgan fingerprint density at radius 1 is 1.53 bits per heavy atom. The molecule has 7 nitrogen and oxygen atoms in total. The molecular formula is C12H14N4O3. The van der Waals surface area contributed by atoms with Crippen LogP contribution in [0.1, 0.15) is 12.0 Å². The normalized spacial score (nSPS) is 9.42. The molecule has 0 aliphatic carbocycles. The van der Waals surface area contributed by atoms with E-state index in [4.69, 9.17) is 10.4 Å². The lowest BCUT2D eigenvalue weighted by Gasteiger charge is -2.21. The van der Waals surface area contributed by atoms with Crippen LogP contribution in [0, 0.1) is 11.3 Å². The summed E-state index contributed by atoms with van der Waals surface area (Å²) < 4.78 is 0. The first-order valence-electron chi connectivity index (χ1n) is 5.64. The maximum Gasteiger partial charge on any atom is 0.323 e. The number of carboxylic acid groups (broad SMARTS) is 1. The van der Waals surface area contributed by atoms with Crippen LogP contribution in [-0.4, -0.2) is 40.1 Å². The molecule has 0 saturated carbocycles. The molecule has 1 aromatic rings. The number of amides is 2. The van der Waals surface area contributed by atoms with Crippen molar-refractivity contribution in [1.82, 2.24) is 15.2 Å². The van der Waals surface area contributed by atoms with Crippen molar-refractivity contribution < 1.29 is 14.7 Å². The highest BCUT2D eigenvalue weighted by atomic mass is 16.4. The average molecular weight is 262 g/mol. The van der Waals surface area contributed by atoms with Crippen molar-refractivity contribution in [2.75, 3.05) is 13.1 Å². The van der Waals surface area contributed by atoms with Gasteiger partial charge in [-0.15, -0.1) is 0 Å². The maximum atomic E-state index is 11.8. The minimum atomic E-state index is -1.12. The maximum absolute atomic E-state index is 11.8. The highest BCUT2D eigenvalue weighted by Crippen LogP contribution is 2.04. The molecule has 7 heteroatoms. The number of aliphatic carboxylic acids is 1. The molecule has 0 atom stereocenters. The first-order chi connectivity index (χ1) is 9.13. The summed E-state index contributed by atoms with van der Waals surface area (Å²) in [7, 11) is 0. The standard InChI is InChI=1S/C12H14N4O3/c13-4-2-6-16(12(19)15-8-11(17)18)9-10-3-1-5-14-7-10/h1,3,5,7H,2,6,8-9H2,(H,15,19)(H,17,18). The number of carbonyl (C=O) groups is 2. The fourth-order valence-electron chi connectivity index (χ4n) is 1.41. The monoisotopic (exact) mass is 262 g/mol. The Kier molecular flexibility index (Phi) is 5.82. The van der Waals surface area contributed by atoms with E-state index in [0.717, 1.165) is 5.56 Å². The molecule has 2 amide bonds. The SMILES string of the molecule is N#CCCN(Cc1cccnc1)C(=O)NCC(=O)O. The van der Waals surface area contributed by atoms with Crippen molar-refractivity contribution in [3.63, 3.8) is 0 Å². The Labute approximate surface area is 110 Å². The number of nitrogens with one attached hydrogen (secondary N) is 1. The summed E-state index contributed by atoms with van der Waals surface area (Å²) in [6, 6.07) is 4.98. The first kappa shape index (κ1) is 14.4. The van der Waals surface area contributed by atoms with Gasteiger partial charge >= 0.3 is 12.0 Å². The number of nitriles is 1. The van der Waals surface area contributed by atoms with E-state index in [1.54, 1.807) is 24.5 Å². The van der Waals surface area contributed by atoms with Crippen molar-refractivity contribution >= 4 is 12.0 Å². The number of nitrogens with zero attached hydrogens (tertiary/aromatic N) is 3. The Morgan fingerprint density at radius 2 is 2.32 bits per heavy atom. The molecule has 0 saturated heterocycles. The number of hydrogen-bond acceptors (Lipinski definition) is 4. The highest BCUT2D eigenvalue weighted by molar-refractivity contribution is 5.79. The molecule has 0 aliphatic heterocycles. The summed E-state index contributed by atoms with van der Waals surface area (Å²) in [4.78, 5) is 27.5. The van der Waals surface area contributed by atoms with Crippen LogP contribution in [0.4, 0.5) is 4.79 Å². The van der Waals surface area contributed by atoms with Gasteiger partial charge < -0.3 is 15.3 Å². The van der Waals surface area contributed by atoms with E-state index in [-0.39, 0.29) is 19.5 Å². The first-order valence-corrected chi connectivity index (χ1v) is 5.64. The van der Waals surface area contributed by atoms with Gasteiger partial charge in [-0.3, -0.25) is 9.78 Å².